The molecule has 236 valence electrons. The molecule has 2 amide bonds. The smallest absolute Gasteiger partial charge is 0.314 e. The molecule has 0 aliphatic heterocycles. The first-order valence-corrected chi connectivity index (χ1v) is 18.4. The average Bonchev–Trinajstić information content (AvgIpc) is 2.81. The van der Waals surface area contributed by atoms with E-state index >= 15 is 0 Å². The van der Waals surface area contributed by atoms with Crippen LogP contribution in [0.4, 0.5) is 11.4 Å². The zero-order chi connectivity index (χ0) is 33.3. The van der Waals surface area contributed by atoms with Gasteiger partial charge < -0.3 is 15.5 Å². The number of hydrogen-bond donors (Lipinski definition) is 11. The molecule has 0 atom stereocenters. The van der Waals surface area contributed by atoms with E-state index in [1.165, 1.54) is 13.8 Å². The van der Waals surface area contributed by atoms with Gasteiger partial charge in [0.25, 0.3) is 0 Å². The van der Waals surface area contributed by atoms with E-state index < -0.39 is 58.5 Å². The van der Waals surface area contributed by atoms with Crippen LogP contribution in [0.25, 0.3) is 0 Å². The summed E-state index contributed by atoms with van der Waals surface area (Å²) in [7, 11) is 0. The van der Waals surface area contributed by atoms with E-state index in [1.54, 1.807) is 0 Å². The van der Waals surface area contributed by atoms with Crippen LogP contribution in [0.15, 0.2) is 36.4 Å². The number of nitrogens with one attached hydrogen (secondary N) is 3. The molecule has 0 aliphatic carbocycles. The van der Waals surface area contributed by atoms with Crippen molar-refractivity contribution in [3.63, 3.8) is 0 Å². The predicted octanol–water partition coefficient (Wildman–Crippen LogP) is -2.02. The maximum absolute atomic E-state index is 10.9. The van der Waals surface area contributed by atoms with E-state index in [4.69, 9.17) is 26.6 Å². The molecule has 0 unspecified atom stereocenters. The van der Waals surface area contributed by atoms with E-state index in [9.17, 15) is 36.9 Å². The molecule has 11 N–H and O–H groups in total. The number of phenolic OH excluding ortho intramolecular Hbond substituents is 2. The summed E-state index contributed by atoms with van der Waals surface area (Å²) in [5.41, 5.74) is -0.0190. The number of carbonyl (C=O) groups excluding carboxylic acids is 2. The van der Waals surface area contributed by atoms with Crippen molar-refractivity contribution >= 4 is 72.2 Å². The van der Waals surface area contributed by atoms with Crippen LogP contribution in [0, 0.1) is 0 Å². The zero-order valence-electron chi connectivity index (χ0n) is 23.0. The summed E-state index contributed by atoms with van der Waals surface area (Å²) in [6.45, 7) is 8.85. The minimum absolute atomic E-state index is 0.00951. The van der Waals surface area contributed by atoms with Crippen LogP contribution in [-0.2, 0) is 26.7 Å². The quantitative estimate of drug-likeness (QED) is 0.0795. The molecule has 0 radical (unpaired) electrons. The first kappa shape index (κ1) is 40.6. The number of aromatic hydroxyl groups is 2. The summed E-state index contributed by atoms with van der Waals surface area (Å²) in [5.74, 6) is -3.96. The van der Waals surface area contributed by atoms with Crippen LogP contribution in [0.3, 0.4) is 0 Å². The maximum atomic E-state index is 10.9. The summed E-state index contributed by atoms with van der Waals surface area (Å²) < 4.78 is 57.2. The summed E-state index contributed by atoms with van der Waals surface area (Å²) in [6, 6.07) is 6.64. The monoisotopic (exact) mass is 727 g/mol. The van der Waals surface area contributed by atoms with E-state index in [1.807, 2.05) is 0 Å². The molecule has 17 nitrogen and oxygen atoms in total. The summed E-state index contributed by atoms with van der Waals surface area (Å²) in [6.07, 6.45) is -0.806. The van der Waals surface area contributed by atoms with Gasteiger partial charge in [0.15, 0.2) is 0 Å². The number of hydrogen-bond acceptors (Lipinski definition) is 9. The molecule has 0 heterocycles. The van der Waals surface area contributed by atoms with E-state index in [0.29, 0.717) is 0 Å². The molecular weight excluding hydrogens is 692 g/mol. The van der Waals surface area contributed by atoms with Crippen LogP contribution < -0.4 is 24.7 Å². The van der Waals surface area contributed by atoms with Crippen LogP contribution in [0.1, 0.15) is 34.1 Å². The first-order valence-electron chi connectivity index (χ1n) is 11.6. The van der Waals surface area contributed by atoms with Crippen molar-refractivity contribution in [1.29, 1.82) is 0 Å². The molecule has 0 saturated carbocycles. The first-order chi connectivity index (χ1) is 19.1. The van der Waals surface area contributed by atoms with E-state index in [0.717, 1.165) is 49.5 Å². The Bertz CT molecular complexity index is 1210. The number of benzene rings is 2. The van der Waals surface area contributed by atoms with Gasteiger partial charge in [-0.15, -0.1) is 0 Å². The fourth-order valence-corrected chi connectivity index (χ4v) is 4.74. The Morgan fingerprint density at radius 3 is 1.14 bits per heavy atom. The van der Waals surface area contributed by atoms with Gasteiger partial charge in [0.05, 0.1) is 0 Å². The minimum atomic E-state index is -4.98. The maximum Gasteiger partial charge on any atom is 0.314 e. The van der Waals surface area contributed by atoms with Crippen LogP contribution in [-0.4, -0.2) is 102 Å². The average molecular weight is 727 g/mol. The van der Waals surface area contributed by atoms with E-state index in [-0.39, 0.29) is 31.6 Å². The third-order valence-electron chi connectivity index (χ3n) is 4.06. The Hall–Kier alpha value is -3.56. The number of carboxylic acids is 2. The Morgan fingerprint density at radius 2 is 0.976 bits per heavy atom. The van der Waals surface area contributed by atoms with Crippen LogP contribution in [0.5, 0.6) is 11.5 Å². The third-order valence-corrected chi connectivity index (χ3v) is 8.05. The molecule has 0 saturated heterocycles. The van der Waals surface area contributed by atoms with Gasteiger partial charge in [0.2, 0.25) is 0 Å². The Balaban J connectivity index is 0. The number of anilines is 2. The van der Waals surface area contributed by atoms with Gasteiger partial charge in [-0.2, -0.15) is 0 Å². The third kappa shape index (κ3) is 19.5. The van der Waals surface area contributed by atoms with Gasteiger partial charge >= 0.3 is 188 Å². The SMILES string of the molecule is CC(=O)Nc1cc([As](=O)(O)O)ccc1O.CC(=O)Nc1cc([As](=O)(O)O)ccc1O.CCNCC.O=C(O)CC(=O)O. The Labute approximate surface area is 246 Å². The van der Waals surface area contributed by atoms with Crippen LogP contribution in [0.2, 0.25) is 0 Å². The largest absolute Gasteiger partial charge is 0.481 e. The minimum Gasteiger partial charge on any atom is -0.481 e. The number of amides is 2. The second-order valence-electron chi connectivity index (χ2n) is 7.77. The van der Waals surface area contributed by atoms with Gasteiger partial charge in [-0.1, -0.05) is 13.8 Å². The molecule has 0 fully saturated rings. The zero-order valence-corrected chi connectivity index (χ0v) is 26.8. The number of carboxylic acid groups (broad SMARTS) is 2. The van der Waals surface area contributed by atoms with Crippen molar-refractivity contribution in [1.82, 2.24) is 5.32 Å². The van der Waals surface area contributed by atoms with Crippen molar-refractivity contribution in [3.8, 4) is 11.5 Å². The molecule has 0 bridgehead atoms. The summed E-state index contributed by atoms with van der Waals surface area (Å²) in [4.78, 5) is 40.3. The molecule has 42 heavy (non-hydrogen) atoms. The number of aliphatic carboxylic acids is 2. The molecule has 19 heteroatoms. The van der Waals surface area contributed by atoms with Crippen molar-refractivity contribution in [2.75, 3.05) is 23.7 Å². The molecule has 2 aromatic rings. The normalized spacial score (nSPS) is 10.3. The second kappa shape index (κ2) is 19.5. The van der Waals surface area contributed by atoms with Gasteiger partial charge in [-0.25, -0.2) is 0 Å². The number of rotatable bonds is 8. The van der Waals surface area contributed by atoms with Crippen LogP contribution >= 0.6 is 0 Å². The van der Waals surface area contributed by atoms with Gasteiger partial charge in [-0.05, 0) is 13.1 Å². The van der Waals surface area contributed by atoms with Crippen molar-refractivity contribution in [2.45, 2.75) is 34.1 Å². The Kier molecular flexibility index (Phi) is 18.9. The number of phenols is 2. The predicted molar refractivity (Wildman–Crippen MR) is 150 cm³/mol. The van der Waals surface area contributed by atoms with Crippen molar-refractivity contribution < 1.29 is 63.5 Å². The van der Waals surface area contributed by atoms with Gasteiger partial charge in [0, 0.05) is 0 Å². The second-order valence-corrected chi connectivity index (χ2v) is 14.5. The van der Waals surface area contributed by atoms with Crippen molar-refractivity contribution in [3.05, 3.63) is 36.4 Å². The van der Waals surface area contributed by atoms with Crippen molar-refractivity contribution in [2.24, 2.45) is 0 Å². The summed E-state index contributed by atoms with van der Waals surface area (Å²) in [5, 5.41) is 41.6. The topological polar surface area (TPSA) is 300 Å². The standard InChI is InChI=1S/2C8H10AsNO5.C4H11N.C3H4O4/c2*1-5(11)10-7-4-6(9(13,14)15)2-3-8(7)12;1-3-5-4-2;4-2(5)1-3(6)7/h2*2-4,12H,1H3,(H,10,11)(H2,13,14,15);5H,3-4H2,1-2H3;1H2,(H,4,5)(H,6,7). The molecule has 2 aromatic carbocycles. The molecule has 0 aromatic heterocycles. The fourth-order valence-electron chi connectivity index (χ4n) is 2.37. The molecule has 2 rings (SSSR count). The molecule has 0 aliphatic rings. The summed E-state index contributed by atoms with van der Waals surface area (Å²) >= 11 is -9.97. The fraction of sp³-hybridized carbons (Fsp3) is 0.304. The molecular formula is C23H35As2N3O14. The van der Waals surface area contributed by atoms with Gasteiger partial charge in [-0.3, -0.25) is 9.59 Å². The number of carbonyl (C=O) groups is 4. The Morgan fingerprint density at radius 1 is 0.667 bits per heavy atom. The van der Waals surface area contributed by atoms with Gasteiger partial charge in [0.1, 0.15) is 6.42 Å². The molecule has 0 spiro atoms. The van der Waals surface area contributed by atoms with E-state index in [2.05, 4.69) is 29.8 Å².